The van der Waals surface area contributed by atoms with Crippen LogP contribution in [0.4, 0.5) is 4.39 Å². The Morgan fingerprint density at radius 2 is 2.17 bits per heavy atom. The van der Waals surface area contributed by atoms with Crippen LogP contribution in [0.3, 0.4) is 0 Å². The molecule has 0 aliphatic carbocycles. The summed E-state index contributed by atoms with van der Waals surface area (Å²) < 4.78 is 13.5. The molecule has 2 rings (SSSR count). The van der Waals surface area contributed by atoms with Gasteiger partial charge in [-0.25, -0.2) is 4.39 Å². The summed E-state index contributed by atoms with van der Waals surface area (Å²) in [6.45, 7) is 5.85. The molecule has 18 heavy (non-hydrogen) atoms. The van der Waals surface area contributed by atoms with E-state index in [9.17, 15) is 9.18 Å². The van der Waals surface area contributed by atoms with Gasteiger partial charge < -0.3 is 4.90 Å². The van der Waals surface area contributed by atoms with Crippen molar-refractivity contribution >= 4 is 5.91 Å². The Labute approximate surface area is 107 Å². The zero-order valence-electron chi connectivity index (χ0n) is 10.9. The lowest BCUT2D eigenvalue weighted by atomic mass is 9.85. The van der Waals surface area contributed by atoms with Gasteiger partial charge in [-0.2, -0.15) is 0 Å². The van der Waals surface area contributed by atoms with Gasteiger partial charge in [0.2, 0.25) is 0 Å². The molecule has 1 fully saturated rings. The van der Waals surface area contributed by atoms with Gasteiger partial charge in [-0.05, 0) is 30.7 Å². The van der Waals surface area contributed by atoms with Crippen LogP contribution in [-0.2, 0) is 0 Å². The molecule has 3 nitrogen and oxygen atoms in total. The van der Waals surface area contributed by atoms with Crippen LogP contribution >= 0.6 is 0 Å². The van der Waals surface area contributed by atoms with Gasteiger partial charge in [0, 0.05) is 19.3 Å². The number of hydrogen-bond donors (Lipinski definition) is 0. The maximum Gasteiger partial charge on any atom is 0.256 e. The van der Waals surface area contributed by atoms with Crippen molar-refractivity contribution in [2.45, 2.75) is 33.1 Å². The Morgan fingerprint density at radius 3 is 2.89 bits per heavy atom. The standard InChI is InChI=1S/C14H19FN2O/c1-14(2)5-3-8-17(9-6-14)13(18)11-4-7-16-10-12(11)15/h4,7,10H,3,5-6,8-9H2,1-2H3. The van der Waals surface area contributed by atoms with Crippen LogP contribution in [0.2, 0.25) is 0 Å². The van der Waals surface area contributed by atoms with E-state index < -0.39 is 5.82 Å². The van der Waals surface area contributed by atoms with E-state index in [2.05, 4.69) is 18.8 Å². The fraction of sp³-hybridized carbons (Fsp3) is 0.571. The van der Waals surface area contributed by atoms with Gasteiger partial charge in [0.25, 0.3) is 5.91 Å². The fourth-order valence-corrected chi connectivity index (χ4v) is 2.34. The Morgan fingerprint density at radius 1 is 1.39 bits per heavy atom. The lowest BCUT2D eigenvalue weighted by molar-refractivity contribution is 0.0752. The van der Waals surface area contributed by atoms with E-state index in [0.717, 1.165) is 25.5 Å². The average Bonchev–Trinajstić information content (AvgIpc) is 2.50. The van der Waals surface area contributed by atoms with E-state index in [0.29, 0.717) is 13.1 Å². The number of carbonyl (C=O) groups excluding carboxylic acids is 1. The normalized spacial score (nSPS) is 19.4. The van der Waals surface area contributed by atoms with Gasteiger partial charge in [0.1, 0.15) is 0 Å². The first-order chi connectivity index (χ1) is 8.49. The van der Waals surface area contributed by atoms with Crippen molar-refractivity contribution in [1.29, 1.82) is 0 Å². The Balaban J connectivity index is 2.13. The van der Waals surface area contributed by atoms with Gasteiger partial charge in [-0.1, -0.05) is 13.8 Å². The van der Waals surface area contributed by atoms with E-state index in [4.69, 9.17) is 0 Å². The first-order valence-corrected chi connectivity index (χ1v) is 6.38. The maximum atomic E-state index is 13.5. The number of nitrogens with zero attached hydrogens (tertiary/aromatic N) is 2. The van der Waals surface area contributed by atoms with E-state index in [-0.39, 0.29) is 16.9 Å². The summed E-state index contributed by atoms with van der Waals surface area (Å²) in [5.41, 5.74) is 0.399. The highest BCUT2D eigenvalue weighted by Crippen LogP contribution is 2.30. The maximum absolute atomic E-state index is 13.5. The van der Waals surface area contributed by atoms with Crippen LogP contribution in [0.5, 0.6) is 0 Å². The average molecular weight is 250 g/mol. The van der Waals surface area contributed by atoms with Crippen molar-refractivity contribution in [3.63, 3.8) is 0 Å². The summed E-state index contributed by atoms with van der Waals surface area (Å²) in [5.74, 6) is -0.751. The van der Waals surface area contributed by atoms with E-state index in [1.807, 2.05) is 0 Å². The van der Waals surface area contributed by atoms with Gasteiger partial charge >= 0.3 is 0 Å². The van der Waals surface area contributed by atoms with Crippen molar-refractivity contribution in [1.82, 2.24) is 9.88 Å². The predicted octanol–water partition coefficient (Wildman–Crippen LogP) is 2.87. The van der Waals surface area contributed by atoms with Gasteiger partial charge in [0.15, 0.2) is 5.82 Å². The van der Waals surface area contributed by atoms with Crippen LogP contribution in [-0.4, -0.2) is 28.9 Å². The lowest BCUT2D eigenvalue weighted by Gasteiger charge is -2.23. The van der Waals surface area contributed by atoms with Crippen LogP contribution in [0.15, 0.2) is 18.5 Å². The van der Waals surface area contributed by atoms with Crippen LogP contribution < -0.4 is 0 Å². The monoisotopic (exact) mass is 250 g/mol. The second-order valence-electron chi connectivity index (χ2n) is 5.67. The van der Waals surface area contributed by atoms with Crippen LogP contribution in [0.1, 0.15) is 43.5 Å². The second kappa shape index (κ2) is 5.04. The SMILES string of the molecule is CC1(C)CCCN(C(=O)c2ccncc2F)CC1. The summed E-state index contributed by atoms with van der Waals surface area (Å²) in [4.78, 5) is 17.7. The van der Waals surface area contributed by atoms with Crippen molar-refractivity contribution in [3.05, 3.63) is 29.8 Å². The predicted molar refractivity (Wildman–Crippen MR) is 67.7 cm³/mol. The van der Waals surface area contributed by atoms with Crippen LogP contribution in [0.25, 0.3) is 0 Å². The molecule has 0 unspecified atom stereocenters. The molecule has 1 aromatic rings. The molecule has 1 aromatic heterocycles. The smallest absolute Gasteiger partial charge is 0.256 e. The summed E-state index contributed by atoms with van der Waals surface area (Å²) in [7, 11) is 0. The van der Waals surface area contributed by atoms with Crippen molar-refractivity contribution in [3.8, 4) is 0 Å². The highest BCUT2D eigenvalue weighted by molar-refractivity contribution is 5.94. The van der Waals surface area contributed by atoms with E-state index in [1.165, 1.54) is 12.3 Å². The quantitative estimate of drug-likeness (QED) is 0.768. The lowest BCUT2D eigenvalue weighted by Crippen LogP contribution is -2.33. The molecule has 0 saturated carbocycles. The Kier molecular flexibility index (Phi) is 3.64. The summed E-state index contributed by atoms with van der Waals surface area (Å²) in [6.07, 6.45) is 5.60. The molecular formula is C14H19FN2O. The molecule has 1 aliphatic heterocycles. The molecule has 0 atom stereocenters. The van der Waals surface area contributed by atoms with Crippen LogP contribution in [0, 0.1) is 11.2 Å². The minimum absolute atomic E-state index is 0.129. The topological polar surface area (TPSA) is 33.2 Å². The van der Waals surface area contributed by atoms with E-state index >= 15 is 0 Å². The Bertz CT molecular complexity index is 445. The molecule has 98 valence electrons. The number of hydrogen-bond acceptors (Lipinski definition) is 2. The van der Waals surface area contributed by atoms with Gasteiger partial charge in [-0.3, -0.25) is 9.78 Å². The number of carbonyl (C=O) groups is 1. The third kappa shape index (κ3) is 2.86. The Hall–Kier alpha value is -1.45. The molecule has 1 aliphatic rings. The number of aromatic nitrogens is 1. The number of pyridine rings is 1. The minimum atomic E-state index is -0.536. The number of amides is 1. The molecule has 0 radical (unpaired) electrons. The van der Waals surface area contributed by atoms with Crippen molar-refractivity contribution in [2.75, 3.05) is 13.1 Å². The fourth-order valence-electron chi connectivity index (χ4n) is 2.34. The zero-order chi connectivity index (χ0) is 13.2. The summed E-state index contributed by atoms with van der Waals surface area (Å²) in [6, 6.07) is 1.45. The van der Waals surface area contributed by atoms with Gasteiger partial charge in [-0.15, -0.1) is 0 Å². The van der Waals surface area contributed by atoms with E-state index in [1.54, 1.807) is 4.90 Å². The van der Waals surface area contributed by atoms with Gasteiger partial charge in [0.05, 0.1) is 11.8 Å². The first kappa shape index (κ1) is 13.0. The number of rotatable bonds is 1. The highest BCUT2D eigenvalue weighted by atomic mass is 19.1. The van der Waals surface area contributed by atoms with Crippen molar-refractivity contribution < 1.29 is 9.18 Å². The molecule has 0 bridgehead atoms. The molecule has 0 aromatic carbocycles. The molecule has 1 amide bonds. The van der Waals surface area contributed by atoms with Crippen molar-refractivity contribution in [2.24, 2.45) is 5.41 Å². The number of likely N-dealkylation sites (tertiary alicyclic amines) is 1. The first-order valence-electron chi connectivity index (χ1n) is 6.38. The highest BCUT2D eigenvalue weighted by Gasteiger charge is 2.26. The third-order valence-corrected chi connectivity index (χ3v) is 3.63. The second-order valence-corrected chi connectivity index (χ2v) is 5.67. The number of halogens is 1. The largest absolute Gasteiger partial charge is 0.339 e. The summed E-state index contributed by atoms with van der Waals surface area (Å²) >= 11 is 0. The minimum Gasteiger partial charge on any atom is -0.339 e. The molecular weight excluding hydrogens is 231 g/mol. The molecule has 4 heteroatoms. The molecule has 0 spiro atoms. The zero-order valence-corrected chi connectivity index (χ0v) is 10.9. The summed E-state index contributed by atoms with van der Waals surface area (Å²) in [5, 5.41) is 0. The third-order valence-electron chi connectivity index (χ3n) is 3.63. The molecule has 0 N–H and O–H groups in total. The molecule has 1 saturated heterocycles. The molecule has 2 heterocycles.